The summed E-state index contributed by atoms with van der Waals surface area (Å²) in [4.78, 5) is 15.0. The van der Waals surface area contributed by atoms with E-state index in [2.05, 4.69) is 12.2 Å². The van der Waals surface area contributed by atoms with Gasteiger partial charge >= 0.3 is 0 Å². The SMILES string of the molecule is CCCN1C(=O)c2ccccc2NC1c1ccccc1OCc1ccccc1. The summed E-state index contributed by atoms with van der Waals surface area (Å²) < 4.78 is 6.15. The third kappa shape index (κ3) is 3.58. The van der Waals surface area contributed by atoms with Gasteiger partial charge in [0.1, 0.15) is 18.5 Å². The molecule has 0 aliphatic carbocycles. The van der Waals surface area contributed by atoms with E-state index in [-0.39, 0.29) is 12.1 Å². The zero-order valence-electron chi connectivity index (χ0n) is 16.0. The Bertz CT molecular complexity index is 956. The van der Waals surface area contributed by atoms with Gasteiger partial charge in [0.15, 0.2) is 0 Å². The number of nitrogens with one attached hydrogen (secondary N) is 1. The first-order valence-electron chi connectivity index (χ1n) is 9.70. The quantitative estimate of drug-likeness (QED) is 0.643. The standard InChI is InChI=1S/C24H24N2O2/c1-2-16-26-23(25-21-14-8-6-12-19(21)24(26)27)20-13-7-9-15-22(20)28-17-18-10-4-3-5-11-18/h3-15,23,25H,2,16-17H2,1H3. The van der Waals surface area contributed by atoms with Gasteiger partial charge in [0.2, 0.25) is 0 Å². The average molecular weight is 372 g/mol. The Morgan fingerprint density at radius 1 is 0.929 bits per heavy atom. The van der Waals surface area contributed by atoms with Gasteiger partial charge < -0.3 is 15.0 Å². The first kappa shape index (κ1) is 18.1. The van der Waals surface area contributed by atoms with Gasteiger partial charge in [-0.05, 0) is 30.2 Å². The number of fused-ring (bicyclic) bond motifs is 1. The molecular formula is C24H24N2O2. The Labute approximate surface area is 165 Å². The Morgan fingerprint density at radius 3 is 2.46 bits per heavy atom. The van der Waals surface area contributed by atoms with Crippen molar-refractivity contribution in [2.75, 3.05) is 11.9 Å². The molecule has 1 N–H and O–H groups in total. The van der Waals surface area contributed by atoms with Crippen LogP contribution in [0.2, 0.25) is 0 Å². The van der Waals surface area contributed by atoms with E-state index in [1.165, 1.54) is 0 Å². The van der Waals surface area contributed by atoms with Gasteiger partial charge in [-0.1, -0.05) is 67.6 Å². The summed E-state index contributed by atoms with van der Waals surface area (Å²) >= 11 is 0. The van der Waals surface area contributed by atoms with E-state index in [0.717, 1.165) is 34.5 Å². The van der Waals surface area contributed by atoms with Crippen molar-refractivity contribution in [2.24, 2.45) is 0 Å². The van der Waals surface area contributed by atoms with Gasteiger partial charge in [-0.3, -0.25) is 4.79 Å². The van der Waals surface area contributed by atoms with Crippen LogP contribution in [0.3, 0.4) is 0 Å². The lowest BCUT2D eigenvalue weighted by molar-refractivity contribution is 0.0680. The topological polar surface area (TPSA) is 41.6 Å². The van der Waals surface area contributed by atoms with Crippen LogP contribution in [-0.2, 0) is 6.61 Å². The number of anilines is 1. The predicted octanol–water partition coefficient (Wildman–Crippen LogP) is 5.24. The number of carbonyl (C=O) groups is 1. The number of nitrogens with zero attached hydrogens (tertiary/aromatic N) is 1. The molecule has 3 aromatic rings. The van der Waals surface area contributed by atoms with Crippen molar-refractivity contribution < 1.29 is 9.53 Å². The van der Waals surface area contributed by atoms with E-state index in [4.69, 9.17) is 4.74 Å². The summed E-state index contributed by atoms with van der Waals surface area (Å²) in [6.07, 6.45) is 0.633. The highest BCUT2D eigenvalue weighted by atomic mass is 16.5. The first-order valence-corrected chi connectivity index (χ1v) is 9.70. The molecule has 28 heavy (non-hydrogen) atoms. The Kier molecular flexibility index (Phi) is 5.29. The molecule has 3 aromatic carbocycles. The fraction of sp³-hybridized carbons (Fsp3) is 0.208. The largest absolute Gasteiger partial charge is 0.488 e. The third-order valence-electron chi connectivity index (χ3n) is 4.94. The van der Waals surface area contributed by atoms with Gasteiger partial charge in [-0.25, -0.2) is 0 Å². The number of hydrogen-bond acceptors (Lipinski definition) is 3. The van der Waals surface area contributed by atoms with Gasteiger partial charge in [0.05, 0.1) is 5.56 Å². The zero-order valence-corrected chi connectivity index (χ0v) is 16.0. The maximum absolute atomic E-state index is 13.1. The molecule has 1 atom stereocenters. The number of hydrogen-bond donors (Lipinski definition) is 1. The third-order valence-corrected chi connectivity index (χ3v) is 4.94. The Hall–Kier alpha value is -3.27. The molecule has 1 aliphatic rings. The average Bonchev–Trinajstić information content (AvgIpc) is 2.75. The normalized spacial score (nSPS) is 15.7. The molecule has 1 aliphatic heterocycles. The van der Waals surface area contributed by atoms with E-state index in [9.17, 15) is 4.79 Å². The number of carbonyl (C=O) groups excluding carboxylic acids is 1. The Morgan fingerprint density at radius 2 is 1.64 bits per heavy atom. The molecule has 0 spiro atoms. The van der Waals surface area contributed by atoms with Crippen LogP contribution in [0.1, 0.15) is 41.0 Å². The summed E-state index contributed by atoms with van der Waals surface area (Å²) in [5.74, 6) is 0.844. The molecule has 142 valence electrons. The molecule has 0 fully saturated rings. The highest BCUT2D eigenvalue weighted by Gasteiger charge is 2.33. The van der Waals surface area contributed by atoms with Crippen molar-refractivity contribution in [1.29, 1.82) is 0 Å². The number of ether oxygens (including phenoxy) is 1. The monoisotopic (exact) mass is 372 g/mol. The molecule has 4 heteroatoms. The van der Waals surface area contributed by atoms with Crippen LogP contribution in [0.4, 0.5) is 5.69 Å². The molecule has 0 saturated carbocycles. The maximum atomic E-state index is 13.1. The zero-order chi connectivity index (χ0) is 19.3. The van der Waals surface area contributed by atoms with Gasteiger partial charge in [0, 0.05) is 17.8 Å². The first-order chi connectivity index (χ1) is 13.8. The van der Waals surface area contributed by atoms with E-state index in [0.29, 0.717) is 13.2 Å². The predicted molar refractivity (Wildman–Crippen MR) is 111 cm³/mol. The lowest BCUT2D eigenvalue weighted by atomic mass is 10.0. The van der Waals surface area contributed by atoms with Crippen molar-refractivity contribution in [2.45, 2.75) is 26.1 Å². The number of amides is 1. The van der Waals surface area contributed by atoms with E-state index >= 15 is 0 Å². The smallest absolute Gasteiger partial charge is 0.257 e. The maximum Gasteiger partial charge on any atom is 0.257 e. The minimum atomic E-state index is -0.255. The number of benzene rings is 3. The van der Waals surface area contributed by atoms with Crippen LogP contribution in [0, 0.1) is 0 Å². The van der Waals surface area contributed by atoms with Crippen molar-refractivity contribution >= 4 is 11.6 Å². The fourth-order valence-electron chi connectivity index (χ4n) is 3.58. The van der Waals surface area contributed by atoms with Gasteiger partial charge in [0.25, 0.3) is 5.91 Å². The van der Waals surface area contributed by atoms with Crippen LogP contribution in [0.5, 0.6) is 5.75 Å². The summed E-state index contributed by atoms with van der Waals surface area (Å²) in [5, 5.41) is 3.54. The molecule has 0 radical (unpaired) electrons. The van der Waals surface area contributed by atoms with Crippen molar-refractivity contribution in [3.05, 3.63) is 95.6 Å². The molecule has 0 saturated heterocycles. The van der Waals surface area contributed by atoms with Crippen LogP contribution in [0.25, 0.3) is 0 Å². The number of para-hydroxylation sites is 2. The van der Waals surface area contributed by atoms with Gasteiger partial charge in [-0.2, -0.15) is 0 Å². The molecule has 4 nitrogen and oxygen atoms in total. The van der Waals surface area contributed by atoms with E-state index in [1.807, 2.05) is 83.8 Å². The second-order valence-electron chi connectivity index (χ2n) is 6.90. The fourth-order valence-corrected chi connectivity index (χ4v) is 3.58. The van der Waals surface area contributed by atoms with Crippen molar-refractivity contribution in [3.63, 3.8) is 0 Å². The molecule has 1 unspecified atom stereocenters. The second kappa shape index (κ2) is 8.17. The molecule has 0 bridgehead atoms. The van der Waals surface area contributed by atoms with E-state index in [1.54, 1.807) is 0 Å². The molecule has 0 aromatic heterocycles. The van der Waals surface area contributed by atoms with Crippen LogP contribution >= 0.6 is 0 Å². The molecule has 4 rings (SSSR count). The lowest BCUT2D eigenvalue weighted by Crippen LogP contribution is -2.43. The van der Waals surface area contributed by atoms with Crippen molar-refractivity contribution in [3.8, 4) is 5.75 Å². The van der Waals surface area contributed by atoms with Crippen LogP contribution < -0.4 is 10.1 Å². The molecule has 1 heterocycles. The lowest BCUT2D eigenvalue weighted by Gasteiger charge is -2.38. The second-order valence-corrected chi connectivity index (χ2v) is 6.90. The molecule has 1 amide bonds. The minimum absolute atomic E-state index is 0.0547. The molecular weight excluding hydrogens is 348 g/mol. The summed E-state index contributed by atoms with van der Waals surface area (Å²) in [5.41, 5.74) is 3.66. The van der Waals surface area contributed by atoms with Crippen molar-refractivity contribution in [1.82, 2.24) is 4.90 Å². The number of rotatable bonds is 6. The summed E-state index contributed by atoms with van der Waals surface area (Å²) in [6.45, 7) is 3.25. The highest BCUT2D eigenvalue weighted by Crippen LogP contribution is 2.37. The van der Waals surface area contributed by atoms with Crippen LogP contribution in [0.15, 0.2) is 78.9 Å². The summed E-state index contributed by atoms with van der Waals surface area (Å²) in [7, 11) is 0. The summed E-state index contributed by atoms with van der Waals surface area (Å²) in [6, 6.07) is 25.7. The Balaban J connectivity index is 1.66. The van der Waals surface area contributed by atoms with Crippen LogP contribution in [-0.4, -0.2) is 17.4 Å². The minimum Gasteiger partial charge on any atom is -0.488 e. The van der Waals surface area contributed by atoms with E-state index < -0.39 is 0 Å². The van der Waals surface area contributed by atoms with Gasteiger partial charge in [-0.15, -0.1) is 0 Å². The highest BCUT2D eigenvalue weighted by molar-refractivity contribution is 6.01.